The summed E-state index contributed by atoms with van der Waals surface area (Å²) in [5, 5.41) is 9.51. The number of ether oxygens (including phenoxy) is 1. The fraction of sp³-hybridized carbons (Fsp3) is 0.316. The summed E-state index contributed by atoms with van der Waals surface area (Å²) < 4.78 is 5.86. The van der Waals surface area contributed by atoms with Gasteiger partial charge in [-0.15, -0.1) is 0 Å². The van der Waals surface area contributed by atoms with Gasteiger partial charge in [0.25, 0.3) is 0 Å². The lowest BCUT2D eigenvalue weighted by atomic mass is 10.1. The molecule has 0 amide bonds. The molecule has 1 saturated heterocycles. The summed E-state index contributed by atoms with van der Waals surface area (Å²) in [7, 11) is 0. The van der Waals surface area contributed by atoms with Crippen LogP contribution in [-0.2, 0) is 6.61 Å². The molecule has 1 aliphatic rings. The van der Waals surface area contributed by atoms with E-state index in [1.165, 1.54) is 12.8 Å². The van der Waals surface area contributed by atoms with E-state index >= 15 is 0 Å². The Hall–Kier alpha value is -2.31. The Kier molecular flexibility index (Phi) is 4.72. The standard InChI is InChI=1S/C19H20N2O/c20-14-19(21-11-4-5-12-21)17-9-6-10-18(13-17)22-15-16-7-2-1-3-8-16/h1-3,6-10,13,19H,4-5,11-12,15H2. The predicted molar refractivity (Wildman–Crippen MR) is 86.4 cm³/mol. The van der Waals surface area contributed by atoms with Gasteiger partial charge >= 0.3 is 0 Å². The molecule has 0 aliphatic carbocycles. The van der Waals surface area contributed by atoms with E-state index in [4.69, 9.17) is 4.74 Å². The fourth-order valence-corrected chi connectivity index (χ4v) is 2.88. The molecule has 1 fully saturated rings. The molecule has 3 nitrogen and oxygen atoms in total. The largest absolute Gasteiger partial charge is 0.489 e. The Morgan fingerprint density at radius 2 is 1.82 bits per heavy atom. The molecule has 1 atom stereocenters. The average Bonchev–Trinajstić information content (AvgIpc) is 3.09. The molecule has 0 radical (unpaired) electrons. The predicted octanol–water partition coefficient (Wildman–Crippen LogP) is 3.93. The molecule has 1 heterocycles. The summed E-state index contributed by atoms with van der Waals surface area (Å²) in [5.41, 5.74) is 2.17. The van der Waals surface area contributed by atoms with E-state index in [0.29, 0.717) is 6.61 Å². The lowest BCUT2D eigenvalue weighted by Crippen LogP contribution is -2.24. The number of nitriles is 1. The summed E-state index contributed by atoms with van der Waals surface area (Å²) in [6.07, 6.45) is 2.37. The molecule has 3 heteroatoms. The summed E-state index contributed by atoms with van der Waals surface area (Å²) in [5.74, 6) is 0.820. The summed E-state index contributed by atoms with van der Waals surface area (Å²) in [4.78, 5) is 2.25. The Labute approximate surface area is 131 Å². The van der Waals surface area contributed by atoms with Gasteiger partial charge in [-0.05, 0) is 49.2 Å². The number of likely N-dealkylation sites (tertiary alicyclic amines) is 1. The van der Waals surface area contributed by atoms with Crippen molar-refractivity contribution in [3.05, 3.63) is 65.7 Å². The van der Waals surface area contributed by atoms with Crippen molar-refractivity contribution in [1.29, 1.82) is 5.26 Å². The van der Waals surface area contributed by atoms with E-state index < -0.39 is 0 Å². The molecule has 0 spiro atoms. The van der Waals surface area contributed by atoms with E-state index in [2.05, 4.69) is 11.0 Å². The van der Waals surface area contributed by atoms with E-state index in [1.807, 2.05) is 54.6 Å². The second-order valence-corrected chi connectivity index (χ2v) is 5.62. The smallest absolute Gasteiger partial charge is 0.123 e. The van der Waals surface area contributed by atoms with Crippen molar-refractivity contribution in [3.8, 4) is 11.8 Å². The third-order valence-electron chi connectivity index (χ3n) is 4.05. The first-order chi connectivity index (χ1) is 10.9. The number of hydrogen-bond acceptors (Lipinski definition) is 3. The van der Waals surface area contributed by atoms with Crippen LogP contribution in [-0.4, -0.2) is 18.0 Å². The van der Waals surface area contributed by atoms with Crippen LogP contribution in [0.4, 0.5) is 0 Å². The van der Waals surface area contributed by atoms with Crippen molar-refractivity contribution in [2.45, 2.75) is 25.5 Å². The minimum atomic E-state index is -0.164. The van der Waals surface area contributed by atoms with Crippen LogP contribution in [0.5, 0.6) is 5.75 Å². The monoisotopic (exact) mass is 292 g/mol. The van der Waals surface area contributed by atoms with Crippen LogP contribution < -0.4 is 4.74 Å². The normalized spacial score (nSPS) is 16.1. The summed E-state index contributed by atoms with van der Waals surface area (Å²) >= 11 is 0. The van der Waals surface area contributed by atoms with Crippen molar-refractivity contribution in [2.24, 2.45) is 0 Å². The van der Waals surface area contributed by atoms with Gasteiger partial charge in [-0.25, -0.2) is 0 Å². The number of hydrogen-bond donors (Lipinski definition) is 0. The topological polar surface area (TPSA) is 36.3 Å². The van der Waals surface area contributed by atoms with E-state index in [-0.39, 0.29) is 6.04 Å². The van der Waals surface area contributed by atoms with Crippen LogP contribution in [0, 0.1) is 11.3 Å². The fourth-order valence-electron chi connectivity index (χ4n) is 2.88. The number of benzene rings is 2. The summed E-state index contributed by atoms with van der Waals surface area (Å²) in [6.45, 7) is 2.56. The van der Waals surface area contributed by atoms with Crippen molar-refractivity contribution in [2.75, 3.05) is 13.1 Å². The zero-order valence-corrected chi connectivity index (χ0v) is 12.6. The second kappa shape index (κ2) is 7.11. The molecule has 2 aromatic carbocycles. The molecule has 112 valence electrons. The quantitative estimate of drug-likeness (QED) is 0.838. The van der Waals surface area contributed by atoms with E-state index in [0.717, 1.165) is 30.0 Å². The lowest BCUT2D eigenvalue weighted by molar-refractivity contribution is 0.289. The van der Waals surface area contributed by atoms with Gasteiger partial charge in [-0.3, -0.25) is 4.90 Å². The third-order valence-corrected chi connectivity index (χ3v) is 4.05. The molecule has 1 aliphatic heterocycles. The SMILES string of the molecule is N#CC(c1cccc(OCc2ccccc2)c1)N1CCCC1. The summed E-state index contributed by atoms with van der Waals surface area (Å²) in [6, 6.07) is 20.3. The molecule has 2 aromatic rings. The highest BCUT2D eigenvalue weighted by molar-refractivity contribution is 5.33. The molecule has 3 rings (SSSR count). The van der Waals surface area contributed by atoms with Crippen molar-refractivity contribution in [3.63, 3.8) is 0 Å². The second-order valence-electron chi connectivity index (χ2n) is 5.62. The van der Waals surface area contributed by atoms with Gasteiger partial charge in [0.2, 0.25) is 0 Å². The molecule has 0 bridgehead atoms. The van der Waals surface area contributed by atoms with Gasteiger partial charge in [0.1, 0.15) is 18.4 Å². The maximum Gasteiger partial charge on any atom is 0.123 e. The third kappa shape index (κ3) is 3.47. The Morgan fingerprint density at radius 1 is 1.05 bits per heavy atom. The van der Waals surface area contributed by atoms with Gasteiger partial charge < -0.3 is 4.74 Å². The minimum absolute atomic E-state index is 0.164. The minimum Gasteiger partial charge on any atom is -0.489 e. The van der Waals surface area contributed by atoms with Crippen LogP contribution in [0.1, 0.15) is 30.0 Å². The molecule has 0 saturated carbocycles. The molecule has 0 N–H and O–H groups in total. The van der Waals surface area contributed by atoms with Crippen LogP contribution >= 0.6 is 0 Å². The van der Waals surface area contributed by atoms with Gasteiger partial charge in [-0.2, -0.15) is 5.26 Å². The first-order valence-corrected chi connectivity index (χ1v) is 7.77. The Morgan fingerprint density at radius 3 is 2.55 bits per heavy atom. The van der Waals surface area contributed by atoms with E-state index in [1.54, 1.807) is 0 Å². The van der Waals surface area contributed by atoms with Crippen LogP contribution in [0.15, 0.2) is 54.6 Å². The van der Waals surface area contributed by atoms with Crippen molar-refractivity contribution >= 4 is 0 Å². The zero-order chi connectivity index (χ0) is 15.2. The van der Waals surface area contributed by atoms with Crippen LogP contribution in [0.2, 0.25) is 0 Å². The maximum absolute atomic E-state index is 9.51. The lowest BCUT2D eigenvalue weighted by Gasteiger charge is -2.22. The molecular formula is C19H20N2O. The van der Waals surface area contributed by atoms with Gasteiger partial charge in [-0.1, -0.05) is 42.5 Å². The zero-order valence-electron chi connectivity index (χ0n) is 12.6. The molecule has 1 unspecified atom stereocenters. The van der Waals surface area contributed by atoms with E-state index in [9.17, 15) is 5.26 Å². The van der Waals surface area contributed by atoms with Crippen molar-refractivity contribution < 1.29 is 4.74 Å². The molecule has 0 aromatic heterocycles. The molecular weight excluding hydrogens is 272 g/mol. The Bertz CT molecular complexity index is 642. The Balaban J connectivity index is 1.70. The average molecular weight is 292 g/mol. The van der Waals surface area contributed by atoms with Gasteiger partial charge in [0.05, 0.1) is 6.07 Å². The first kappa shape index (κ1) is 14.6. The first-order valence-electron chi connectivity index (χ1n) is 7.77. The molecule has 22 heavy (non-hydrogen) atoms. The van der Waals surface area contributed by atoms with Crippen LogP contribution in [0.25, 0.3) is 0 Å². The van der Waals surface area contributed by atoms with Gasteiger partial charge in [0, 0.05) is 0 Å². The highest BCUT2D eigenvalue weighted by Gasteiger charge is 2.23. The van der Waals surface area contributed by atoms with Crippen LogP contribution in [0.3, 0.4) is 0 Å². The number of nitrogens with zero attached hydrogens (tertiary/aromatic N) is 2. The maximum atomic E-state index is 9.51. The highest BCUT2D eigenvalue weighted by atomic mass is 16.5. The van der Waals surface area contributed by atoms with Crippen molar-refractivity contribution in [1.82, 2.24) is 4.90 Å². The highest BCUT2D eigenvalue weighted by Crippen LogP contribution is 2.27. The number of rotatable bonds is 5. The van der Waals surface area contributed by atoms with Gasteiger partial charge in [0.15, 0.2) is 0 Å².